The molecule has 1 amide bonds. The third-order valence-corrected chi connectivity index (χ3v) is 4.42. The van der Waals surface area contributed by atoms with Crippen LogP contribution in [0.5, 0.6) is 11.5 Å². The van der Waals surface area contributed by atoms with Gasteiger partial charge in [0.15, 0.2) is 0 Å². The van der Waals surface area contributed by atoms with Crippen molar-refractivity contribution in [2.45, 2.75) is 13.5 Å². The summed E-state index contributed by atoms with van der Waals surface area (Å²) >= 11 is 0. The lowest BCUT2D eigenvalue weighted by molar-refractivity contribution is -0.116. The fourth-order valence-electron chi connectivity index (χ4n) is 2.87. The van der Waals surface area contributed by atoms with Crippen LogP contribution in [-0.2, 0) is 11.3 Å². The van der Waals surface area contributed by atoms with E-state index in [1.807, 2.05) is 0 Å². The third kappa shape index (κ3) is 4.82. The number of halogens is 1. The number of imidazole rings is 1. The number of amides is 1. The Bertz CT molecular complexity index is 1040. The van der Waals surface area contributed by atoms with Crippen LogP contribution in [0.15, 0.2) is 54.9 Å². The maximum Gasteiger partial charge on any atom is 0.244 e. The van der Waals surface area contributed by atoms with Crippen molar-refractivity contribution < 1.29 is 18.7 Å². The van der Waals surface area contributed by atoms with Crippen molar-refractivity contribution in [3.8, 4) is 17.2 Å². The van der Waals surface area contributed by atoms with Crippen LogP contribution >= 0.6 is 0 Å². The topological polar surface area (TPSA) is 65.4 Å². The van der Waals surface area contributed by atoms with E-state index in [9.17, 15) is 9.18 Å². The van der Waals surface area contributed by atoms with Crippen LogP contribution < -0.4 is 14.8 Å². The van der Waals surface area contributed by atoms with E-state index in [2.05, 4.69) is 10.3 Å². The molecular weight excluding hydrogens is 373 g/mol. The number of methoxy groups -OCH3 is 2. The van der Waals surface area contributed by atoms with Crippen molar-refractivity contribution in [3.63, 3.8) is 0 Å². The van der Waals surface area contributed by atoms with Gasteiger partial charge in [-0.15, -0.1) is 0 Å². The second-order valence-corrected chi connectivity index (χ2v) is 6.29. The molecule has 0 saturated carbocycles. The normalized spacial score (nSPS) is 10.9. The first-order valence-electron chi connectivity index (χ1n) is 8.98. The Morgan fingerprint density at radius 3 is 2.69 bits per heavy atom. The average molecular weight is 395 g/mol. The lowest BCUT2D eigenvalue weighted by Gasteiger charge is -2.09. The quantitative estimate of drug-likeness (QED) is 0.620. The molecule has 150 valence electrons. The molecule has 0 atom stereocenters. The molecule has 2 aromatic carbocycles. The van der Waals surface area contributed by atoms with Crippen LogP contribution in [0.2, 0.25) is 0 Å². The van der Waals surface area contributed by atoms with Gasteiger partial charge in [0.25, 0.3) is 0 Å². The van der Waals surface area contributed by atoms with Crippen molar-refractivity contribution in [2.75, 3.05) is 14.2 Å². The number of ether oxygens (including phenoxy) is 2. The maximum absolute atomic E-state index is 14.4. The molecule has 6 nitrogen and oxygen atoms in total. The summed E-state index contributed by atoms with van der Waals surface area (Å²) in [6.07, 6.45) is 6.36. The van der Waals surface area contributed by atoms with Crippen LogP contribution in [0.4, 0.5) is 4.39 Å². The Hall–Kier alpha value is -3.61. The predicted octanol–water partition coefficient (Wildman–Crippen LogP) is 3.67. The zero-order chi connectivity index (χ0) is 20.8. The molecule has 0 aliphatic rings. The number of carbonyl (C=O) groups excluding carboxylic acids is 1. The van der Waals surface area contributed by atoms with Crippen LogP contribution in [0.3, 0.4) is 0 Å². The SMILES string of the molecule is COc1ccc(OC)c(/C=C/C(=O)NCc2ccc(-n3ccnc3C)c(F)c2)c1. The minimum atomic E-state index is -0.380. The average Bonchev–Trinajstić information content (AvgIpc) is 3.16. The van der Waals surface area contributed by atoms with Crippen LogP contribution in [0.1, 0.15) is 17.0 Å². The van der Waals surface area contributed by atoms with E-state index < -0.39 is 0 Å². The van der Waals surface area contributed by atoms with E-state index in [0.29, 0.717) is 34.1 Å². The molecule has 0 aliphatic carbocycles. The summed E-state index contributed by atoms with van der Waals surface area (Å²) in [5.74, 6) is 1.30. The molecule has 3 rings (SSSR count). The van der Waals surface area contributed by atoms with E-state index in [1.54, 1.807) is 74.5 Å². The van der Waals surface area contributed by atoms with Crippen LogP contribution in [0, 0.1) is 12.7 Å². The van der Waals surface area contributed by atoms with Gasteiger partial charge in [-0.25, -0.2) is 9.37 Å². The second kappa shape index (κ2) is 9.05. The van der Waals surface area contributed by atoms with Crippen molar-refractivity contribution in [1.29, 1.82) is 0 Å². The molecule has 0 unspecified atom stereocenters. The molecule has 29 heavy (non-hydrogen) atoms. The Morgan fingerprint density at radius 2 is 2.03 bits per heavy atom. The molecule has 0 bridgehead atoms. The highest BCUT2D eigenvalue weighted by Gasteiger charge is 2.08. The Labute approximate surface area is 168 Å². The molecule has 3 aromatic rings. The molecule has 1 N–H and O–H groups in total. The highest BCUT2D eigenvalue weighted by Crippen LogP contribution is 2.25. The monoisotopic (exact) mass is 395 g/mol. The van der Waals surface area contributed by atoms with Gasteiger partial charge in [-0.3, -0.25) is 4.79 Å². The van der Waals surface area contributed by atoms with E-state index in [0.717, 1.165) is 0 Å². The maximum atomic E-state index is 14.4. The van der Waals surface area contributed by atoms with E-state index in [1.165, 1.54) is 12.1 Å². The van der Waals surface area contributed by atoms with Gasteiger partial charge in [0.1, 0.15) is 23.1 Å². The van der Waals surface area contributed by atoms with Gasteiger partial charge in [0.2, 0.25) is 5.91 Å². The zero-order valence-corrected chi connectivity index (χ0v) is 16.5. The molecule has 0 radical (unpaired) electrons. The van der Waals surface area contributed by atoms with Gasteiger partial charge in [-0.05, 0) is 48.9 Å². The number of aryl methyl sites for hydroxylation is 1. The number of hydrogen-bond donors (Lipinski definition) is 1. The fraction of sp³-hybridized carbons (Fsp3) is 0.182. The summed E-state index contributed by atoms with van der Waals surface area (Å²) in [7, 11) is 3.13. The Morgan fingerprint density at radius 1 is 1.21 bits per heavy atom. The summed E-state index contributed by atoms with van der Waals surface area (Å²) < 4.78 is 26.6. The molecule has 1 heterocycles. The van der Waals surface area contributed by atoms with Crippen LogP contribution in [0.25, 0.3) is 11.8 Å². The van der Waals surface area contributed by atoms with E-state index >= 15 is 0 Å². The Balaban J connectivity index is 1.65. The molecule has 0 saturated heterocycles. The molecule has 0 fully saturated rings. The predicted molar refractivity (Wildman–Crippen MR) is 109 cm³/mol. The van der Waals surface area contributed by atoms with Gasteiger partial charge in [-0.2, -0.15) is 0 Å². The number of aromatic nitrogens is 2. The molecular formula is C22H22FN3O3. The van der Waals surface area contributed by atoms with Crippen molar-refractivity contribution >= 4 is 12.0 Å². The first-order valence-corrected chi connectivity index (χ1v) is 8.98. The molecule has 0 aliphatic heterocycles. The number of carbonyl (C=O) groups is 1. The summed E-state index contributed by atoms with van der Waals surface area (Å²) in [4.78, 5) is 16.3. The lowest BCUT2D eigenvalue weighted by Crippen LogP contribution is -2.20. The standard InChI is InChI=1S/C22H22FN3O3/c1-15-24-10-11-26(15)20-7-4-16(12-19(20)23)14-25-22(27)9-5-17-13-18(28-2)6-8-21(17)29-3/h4-13H,14H2,1-3H3,(H,25,27)/b9-5+. The second-order valence-electron chi connectivity index (χ2n) is 6.29. The highest BCUT2D eigenvalue weighted by molar-refractivity contribution is 5.92. The van der Waals surface area contributed by atoms with Gasteiger partial charge < -0.3 is 19.4 Å². The number of nitrogens with one attached hydrogen (secondary N) is 1. The summed E-state index contributed by atoms with van der Waals surface area (Å²) in [5, 5.41) is 2.74. The summed E-state index contributed by atoms with van der Waals surface area (Å²) in [6.45, 7) is 2.01. The summed E-state index contributed by atoms with van der Waals surface area (Å²) in [6, 6.07) is 10.2. The Kier molecular flexibility index (Phi) is 6.29. The van der Waals surface area contributed by atoms with Gasteiger partial charge in [0, 0.05) is 30.6 Å². The van der Waals surface area contributed by atoms with Crippen LogP contribution in [-0.4, -0.2) is 29.7 Å². The number of nitrogens with zero attached hydrogens (tertiary/aromatic N) is 2. The van der Waals surface area contributed by atoms with Gasteiger partial charge in [0.05, 0.1) is 19.9 Å². The van der Waals surface area contributed by atoms with E-state index in [4.69, 9.17) is 9.47 Å². The highest BCUT2D eigenvalue weighted by atomic mass is 19.1. The minimum absolute atomic E-state index is 0.207. The van der Waals surface area contributed by atoms with E-state index in [-0.39, 0.29) is 18.3 Å². The number of benzene rings is 2. The van der Waals surface area contributed by atoms with Crippen molar-refractivity contribution in [1.82, 2.24) is 14.9 Å². The van der Waals surface area contributed by atoms with Gasteiger partial charge >= 0.3 is 0 Å². The van der Waals surface area contributed by atoms with Gasteiger partial charge in [-0.1, -0.05) is 6.07 Å². The summed E-state index contributed by atoms with van der Waals surface area (Å²) in [5.41, 5.74) is 1.79. The fourth-order valence-corrected chi connectivity index (χ4v) is 2.87. The largest absolute Gasteiger partial charge is 0.497 e. The molecule has 1 aromatic heterocycles. The lowest BCUT2D eigenvalue weighted by atomic mass is 10.1. The molecule has 7 heteroatoms. The third-order valence-electron chi connectivity index (χ3n) is 4.42. The van der Waals surface area contributed by atoms with Crippen molar-refractivity contribution in [2.24, 2.45) is 0 Å². The first-order chi connectivity index (χ1) is 14.0. The zero-order valence-electron chi connectivity index (χ0n) is 16.5. The minimum Gasteiger partial charge on any atom is -0.497 e. The number of rotatable bonds is 7. The molecule has 0 spiro atoms. The smallest absolute Gasteiger partial charge is 0.244 e. The number of hydrogen-bond acceptors (Lipinski definition) is 4. The van der Waals surface area contributed by atoms with Crippen molar-refractivity contribution in [3.05, 3.63) is 77.6 Å². The first kappa shape index (κ1) is 20.1.